The fourth-order valence-electron chi connectivity index (χ4n) is 12.0. The molecule has 0 aliphatic heterocycles. The van der Waals surface area contributed by atoms with Crippen LogP contribution in [0.4, 0.5) is 17.1 Å². The zero-order valence-corrected chi connectivity index (χ0v) is 39.0. The van der Waals surface area contributed by atoms with Crippen LogP contribution in [-0.4, -0.2) is 0 Å². The molecule has 2 aliphatic rings. The molecular formula is C69H49N. The molecule has 0 saturated heterocycles. The van der Waals surface area contributed by atoms with Crippen molar-refractivity contribution in [1.29, 1.82) is 0 Å². The molecule has 0 aromatic heterocycles. The molecule has 0 spiro atoms. The molecule has 0 N–H and O–H groups in total. The second-order valence-electron chi connectivity index (χ2n) is 18.9. The van der Waals surface area contributed by atoms with E-state index in [4.69, 9.17) is 0 Å². The van der Waals surface area contributed by atoms with Crippen molar-refractivity contribution in [3.05, 3.63) is 318 Å². The van der Waals surface area contributed by atoms with Gasteiger partial charge >= 0.3 is 0 Å². The number of rotatable bonds is 9. The quantitative estimate of drug-likeness (QED) is 0.140. The van der Waals surface area contributed by atoms with Crippen molar-refractivity contribution in [3.63, 3.8) is 0 Å². The van der Waals surface area contributed by atoms with Crippen molar-refractivity contribution in [2.75, 3.05) is 4.90 Å². The highest BCUT2D eigenvalue weighted by atomic mass is 15.1. The van der Waals surface area contributed by atoms with Gasteiger partial charge in [-0.1, -0.05) is 243 Å². The molecule has 11 aromatic rings. The summed E-state index contributed by atoms with van der Waals surface area (Å²) in [4.78, 5) is 2.52. The van der Waals surface area contributed by atoms with Crippen molar-refractivity contribution in [3.8, 4) is 55.6 Å². The van der Waals surface area contributed by atoms with E-state index in [1.807, 2.05) is 0 Å². The van der Waals surface area contributed by atoms with E-state index in [0.29, 0.717) is 0 Å². The first-order chi connectivity index (χ1) is 34.6. The Balaban J connectivity index is 1.03. The minimum atomic E-state index is -0.534. The molecule has 1 heteroatoms. The molecule has 1 unspecified atom stereocenters. The fourth-order valence-corrected chi connectivity index (χ4v) is 12.0. The lowest BCUT2D eigenvalue weighted by molar-refractivity contribution is 0.714. The summed E-state index contributed by atoms with van der Waals surface area (Å²) in [5.74, 6) is 0. The number of anilines is 3. The standard InChI is InChI=1S/C69H49N/c1-68(52-26-11-4-12-27-52)62-34-19-17-32-58(62)59-45-43-56(47-65(59)68)70(55-41-38-48(39-42-55)51-40-44-57(49-22-7-2-8-23-49)61(46-51)50-24-9-3-10-25-50)66-37-21-36-64-67(66)60-33-18-20-35-63(60)69(64,53-28-13-5-14-29-53)54-30-15-6-16-31-54/h2-47H,1H3. The molecule has 330 valence electrons. The highest BCUT2D eigenvalue weighted by Gasteiger charge is 2.47. The van der Waals surface area contributed by atoms with E-state index in [0.717, 1.165) is 22.6 Å². The normalized spacial score (nSPS) is 14.8. The average molecular weight is 892 g/mol. The first-order valence-corrected chi connectivity index (χ1v) is 24.4. The van der Waals surface area contributed by atoms with Crippen LogP contribution in [-0.2, 0) is 10.8 Å². The topological polar surface area (TPSA) is 3.24 Å². The maximum absolute atomic E-state index is 2.52. The monoisotopic (exact) mass is 891 g/mol. The van der Waals surface area contributed by atoms with Crippen molar-refractivity contribution in [2.45, 2.75) is 17.8 Å². The molecule has 0 amide bonds. The highest BCUT2D eigenvalue weighted by Crippen LogP contribution is 2.60. The van der Waals surface area contributed by atoms with Gasteiger partial charge in [0.05, 0.1) is 11.1 Å². The van der Waals surface area contributed by atoms with Crippen molar-refractivity contribution in [1.82, 2.24) is 0 Å². The number of benzene rings is 11. The van der Waals surface area contributed by atoms with Gasteiger partial charge < -0.3 is 4.90 Å². The van der Waals surface area contributed by atoms with E-state index in [1.54, 1.807) is 0 Å². The lowest BCUT2D eigenvalue weighted by Crippen LogP contribution is -2.28. The second kappa shape index (κ2) is 16.8. The maximum atomic E-state index is 2.52. The number of hydrogen-bond acceptors (Lipinski definition) is 1. The van der Waals surface area contributed by atoms with E-state index in [9.17, 15) is 0 Å². The fraction of sp³-hybridized carbons (Fsp3) is 0.0435. The van der Waals surface area contributed by atoms with Gasteiger partial charge in [0.2, 0.25) is 0 Å². The lowest BCUT2D eigenvalue weighted by atomic mass is 9.68. The summed E-state index contributed by atoms with van der Waals surface area (Å²) >= 11 is 0. The molecule has 1 nitrogen and oxygen atoms in total. The van der Waals surface area contributed by atoms with Gasteiger partial charge in [-0.15, -0.1) is 0 Å². The van der Waals surface area contributed by atoms with Crippen molar-refractivity contribution in [2.24, 2.45) is 0 Å². The smallest absolute Gasteiger partial charge is 0.0714 e. The number of hydrogen-bond donors (Lipinski definition) is 0. The first-order valence-electron chi connectivity index (χ1n) is 24.4. The van der Waals surface area contributed by atoms with E-state index in [2.05, 4.69) is 291 Å². The second-order valence-corrected chi connectivity index (χ2v) is 18.9. The van der Waals surface area contributed by atoms with E-state index in [-0.39, 0.29) is 5.41 Å². The Morgan fingerprint density at radius 3 is 1.39 bits per heavy atom. The Morgan fingerprint density at radius 2 is 0.743 bits per heavy atom. The molecular weight excluding hydrogens is 843 g/mol. The van der Waals surface area contributed by atoms with Crippen molar-refractivity contribution >= 4 is 17.1 Å². The molecule has 1 atom stereocenters. The van der Waals surface area contributed by atoms with Crippen LogP contribution in [0.15, 0.2) is 279 Å². The van der Waals surface area contributed by atoms with Crippen LogP contribution in [0.3, 0.4) is 0 Å². The zero-order chi connectivity index (χ0) is 46.7. The molecule has 2 aliphatic carbocycles. The third-order valence-corrected chi connectivity index (χ3v) is 15.3. The van der Waals surface area contributed by atoms with Gasteiger partial charge in [-0.05, 0) is 132 Å². The summed E-state index contributed by atoms with van der Waals surface area (Å²) < 4.78 is 0. The third kappa shape index (κ3) is 6.39. The first kappa shape index (κ1) is 41.4. The lowest BCUT2D eigenvalue weighted by Gasteiger charge is -2.34. The molecule has 11 aromatic carbocycles. The molecule has 0 bridgehead atoms. The molecule has 70 heavy (non-hydrogen) atoms. The van der Waals surface area contributed by atoms with Crippen LogP contribution in [0.2, 0.25) is 0 Å². The van der Waals surface area contributed by atoms with Crippen LogP contribution in [0.5, 0.6) is 0 Å². The summed E-state index contributed by atoms with van der Waals surface area (Å²) in [7, 11) is 0. The summed E-state index contributed by atoms with van der Waals surface area (Å²) in [5.41, 5.74) is 23.7. The van der Waals surface area contributed by atoms with Gasteiger partial charge in [0.15, 0.2) is 0 Å². The molecule has 13 rings (SSSR count). The van der Waals surface area contributed by atoms with Crippen LogP contribution >= 0.6 is 0 Å². The van der Waals surface area contributed by atoms with Crippen LogP contribution in [0, 0.1) is 0 Å². The Morgan fingerprint density at radius 1 is 0.271 bits per heavy atom. The number of fused-ring (bicyclic) bond motifs is 6. The largest absolute Gasteiger partial charge is 0.310 e. The minimum absolute atomic E-state index is 0.359. The van der Waals surface area contributed by atoms with Gasteiger partial charge in [0.25, 0.3) is 0 Å². The van der Waals surface area contributed by atoms with Gasteiger partial charge in [-0.3, -0.25) is 0 Å². The molecule has 0 radical (unpaired) electrons. The molecule has 0 fully saturated rings. The SMILES string of the molecule is CC1(c2ccccc2)c2ccccc2-c2ccc(N(c3ccc(-c4ccc(-c5ccccc5)c(-c5ccccc5)c4)cc3)c3cccc4c3-c3ccccc3C4(c3ccccc3)c3ccccc3)cc21. The summed E-state index contributed by atoms with van der Waals surface area (Å²) in [6.07, 6.45) is 0. The van der Waals surface area contributed by atoms with E-state index < -0.39 is 5.41 Å². The Labute approximate surface area is 411 Å². The van der Waals surface area contributed by atoms with E-state index in [1.165, 1.54) is 89.0 Å². The van der Waals surface area contributed by atoms with Gasteiger partial charge in [0.1, 0.15) is 0 Å². The van der Waals surface area contributed by atoms with Crippen LogP contribution in [0.1, 0.15) is 45.9 Å². The highest BCUT2D eigenvalue weighted by molar-refractivity contribution is 5.98. The predicted molar refractivity (Wildman–Crippen MR) is 292 cm³/mol. The van der Waals surface area contributed by atoms with Gasteiger partial charge in [-0.2, -0.15) is 0 Å². The number of nitrogens with zero attached hydrogens (tertiary/aromatic N) is 1. The molecule has 0 saturated carbocycles. The van der Waals surface area contributed by atoms with Crippen LogP contribution in [0.25, 0.3) is 55.6 Å². The summed E-state index contributed by atoms with van der Waals surface area (Å²) in [6.45, 7) is 2.41. The average Bonchev–Trinajstić information content (AvgIpc) is 3.89. The predicted octanol–water partition coefficient (Wildman–Crippen LogP) is 17.9. The summed E-state index contributed by atoms with van der Waals surface area (Å²) in [5, 5.41) is 0. The van der Waals surface area contributed by atoms with E-state index >= 15 is 0 Å². The van der Waals surface area contributed by atoms with Crippen molar-refractivity contribution < 1.29 is 0 Å². The summed E-state index contributed by atoms with van der Waals surface area (Å²) in [6, 6.07) is 103. The minimum Gasteiger partial charge on any atom is -0.310 e. The Kier molecular flexibility index (Phi) is 9.92. The Hall–Kier alpha value is -8.78. The van der Waals surface area contributed by atoms with Crippen LogP contribution < -0.4 is 4.90 Å². The van der Waals surface area contributed by atoms with Gasteiger partial charge in [-0.25, -0.2) is 0 Å². The molecule has 0 heterocycles. The zero-order valence-electron chi connectivity index (χ0n) is 39.0. The Bertz CT molecular complexity index is 3650. The third-order valence-electron chi connectivity index (χ3n) is 15.3. The van der Waals surface area contributed by atoms with Gasteiger partial charge in [0, 0.05) is 22.4 Å². The maximum Gasteiger partial charge on any atom is 0.0714 e.